The van der Waals surface area contributed by atoms with Gasteiger partial charge in [-0.25, -0.2) is 13.9 Å². The number of hydrogen-bond acceptors (Lipinski definition) is 3. The zero-order valence-corrected chi connectivity index (χ0v) is 14.2. The van der Waals surface area contributed by atoms with Gasteiger partial charge < -0.3 is 10.4 Å². The summed E-state index contributed by atoms with van der Waals surface area (Å²) in [6.45, 7) is 3.57. The number of benzene rings is 1. The van der Waals surface area contributed by atoms with Crippen molar-refractivity contribution in [2.75, 3.05) is 0 Å². The van der Waals surface area contributed by atoms with Crippen LogP contribution in [0.4, 0.5) is 4.39 Å². The predicted molar refractivity (Wildman–Crippen MR) is 93.9 cm³/mol. The zero-order chi connectivity index (χ0) is 18.7. The molecule has 0 radical (unpaired) electrons. The summed E-state index contributed by atoms with van der Waals surface area (Å²) in [5, 5.41) is 16.2. The summed E-state index contributed by atoms with van der Waals surface area (Å²) in [5.74, 6) is -1.93. The van der Waals surface area contributed by atoms with Crippen LogP contribution in [0.15, 0.2) is 36.9 Å². The van der Waals surface area contributed by atoms with Crippen LogP contribution in [0.3, 0.4) is 0 Å². The van der Waals surface area contributed by atoms with E-state index in [0.29, 0.717) is 18.5 Å². The fraction of sp³-hybridized carbons (Fsp3) is 0.316. The third-order valence-electron chi connectivity index (χ3n) is 4.48. The molecule has 6 nitrogen and oxygen atoms in total. The zero-order valence-electron chi connectivity index (χ0n) is 14.2. The Morgan fingerprint density at radius 1 is 1.35 bits per heavy atom. The molecule has 1 aromatic heterocycles. The van der Waals surface area contributed by atoms with Crippen LogP contribution >= 0.6 is 0 Å². The van der Waals surface area contributed by atoms with E-state index in [2.05, 4.69) is 17.0 Å². The van der Waals surface area contributed by atoms with Gasteiger partial charge in [0.15, 0.2) is 5.69 Å². The Morgan fingerprint density at radius 2 is 2.08 bits per heavy atom. The summed E-state index contributed by atoms with van der Waals surface area (Å²) in [6.07, 6.45) is 4.75. The number of carboxylic acids is 1. The SMILES string of the molecule is C=CCCC(NC(=O)c1nn(-c2ccc(F)cc2)c2c1CCC2)C(=O)O. The van der Waals surface area contributed by atoms with Crippen molar-refractivity contribution < 1.29 is 19.1 Å². The standard InChI is InChI=1S/C19H20FN3O3/c1-2-3-6-15(19(25)26)21-18(24)17-14-5-4-7-16(14)23(22-17)13-10-8-12(20)9-11-13/h2,8-11,15H,1,3-7H2,(H,21,24)(H,25,26). The molecule has 3 rings (SSSR count). The highest BCUT2D eigenvalue weighted by Crippen LogP contribution is 2.28. The van der Waals surface area contributed by atoms with Gasteiger partial charge in [0, 0.05) is 11.3 Å². The van der Waals surface area contributed by atoms with Crippen molar-refractivity contribution in [2.45, 2.75) is 38.1 Å². The number of amides is 1. The number of allylic oxidation sites excluding steroid dienone is 1. The van der Waals surface area contributed by atoms with Crippen molar-refractivity contribution in [3.8, 4) is 5.69 Å². The smallest absolute Gasteiger partial charge is 0.326 e. The van der Waals surface area contributed by atoms with Crippen LogP contribution in [0.2, 0.25) is 0 Å². The van der Waals surface area contributed by atoms with Gasteiger partial charge in [-0.3, -0.25) is 4.79 Å². The van der Waals surface area contributed by atoms with Crippen LogP contribution in [0, 0.1) is 5.82 Å². The Balaban J connectivity index is 1.89. The van der Waals surface area contributed by atoms with E-state index in [-0.39, 0.29) is 17.9 Å². The van der Waals surface area contributed by atoms with E-state index in [0.717, 1.165) is 24.1 Å². The second kappa shape index (κ2) is 7.51. The lowest BCUT2D eigenvalue weighted by molar-refractivity contribution is -0.139. The third kappa shape index (κ3) is 3.51. The van der Waals surface area contributed by atoms with Crippen molar-refractivity contribution in [3.05, 3.63) is 59.7 Å². The molecule has 2 aromatic rings. The molecule has 0 fully saturated rings. The van der Waals surface area contributed by atoms with Crippen molar-refractivity contribution in [1.82, 2.24) is 15.1 Å². The van der Waals surface area contributed by atoms with E-state index >= 15 is 0 Å². The number of carboxylic acid groups (broad SMARTS) is 1. The number of carbonyl (C=O) groups excluding carboxylic acids is 1. The molecule has 26 heavy (non-hydrogen) atoms. The minimum absolute atomic E-state index is 0.242. The van der Waals surface area contributed by atoms with E-state index in [9.17, 15) is 19.1 Å². The summed E-state index contributed by atoms with van der Waals surface area (Å²) in [7, 11) is 0. The summed E-state index contributed by atoms with van der Waals surface area (Å²) in [6, 6.07) is 4.90. The quantitative estimate of drug-likeness (QED) is 0.746. The summed E-state index contributed by atoms with van der Waals surface area (Å²) in [5.41, 5.74) is 2.66. The van der Waals surface area contributed by atoms with Crippen molar-refractivity contribution in [2.24, 2.45) is 0 Å². The summed E-state index contributed by atoms with van der Waals surface area (Å²) < 4.78 is 14.8. The fourth-order valence-electron chi connectivity index (χ4n) is 3.18. The first kappa shape index (κ1) is 17.8. The van der Waals surface area contributed by atoms with Crippen LogP contribution in [0.5, 0.6) is 0 Å². The van der Waals surface area contributed by atoms with Gasteiger partial charge >= 0.3 is 5.97 Å². The average Bonchev–Trinajstić information content (AvgIpc) is 3.21. The second-order valence-corrected chi connectivity index (χ2v) is 6.25. The lowest BCUT2D eigenvalue weighted by Gasteiger charge is -2.13. The first-order valence-electron chi connectivity index (χ1n) is 8.52. The Hall–Kier alpha value is -2.96. The first-order valence-corrected chi connectivity index (χ1v) is 8.52. The number of nitrogens with one attached hydrogen (secondary N) is 1. The summed E-state index contributed by atoms with van der Waals surface area (Å²) in [4.78, 5) is 24.0. The van der Waals surface area contributed by atoms with Gasteiger partial charge in [0.1, 0.15) is 11.9 Å². The molecular weight excluding hydrogens is 337 g/mol. The summed E-state index contributed by atoms with van der Waals surface area (Å²) >= 11 is 0. The van der Waals surface area contributed by atoms with Crippen molar-refractivity contribution >= 4 is 11.9 Å². The fourth-order valence-corrected chi connectivity index (χ4v) is 3.18. The molecule has 0 bridgehead atoms. The third-order valence-corrected chi connectivity index (χ3v) is 4.48. The van der Waals surface area contributed by atoms with Crippen molar-refractivity contribution in [3.63, 3.8) is 0 Å². The molecule has 136 valence electrons. The number of carbonyl (C=O) groups is 2. The number of aromatic nitrogens is 2. The topological polar surface area (TPSA) is 84.2 Å². The minimum atomic E-state index is -1.09. The lowest BCUT2D eigenvalue weighted by Crippen LogP contribution is -2.41. The van der Waals surface area contributed by atoms with Crippen LogP contribution in [-0.2, 0) is 17.6 Å². The van der Waals surface area contributed by atoms with E-state index < -0.39 is 17.9 Å². The maximum Gasteiger partial charge on any atom is 0.326 e. The Kier molecular flexibility index (Phi) is 5.16. The second-order valence-electron chi connectivity index (χ2n) is 6.25. The van der Waals surface area contributed by atoms with Gasteiger partial charge in [-0.05, 0) is 56.4 Å². The largest absolute Gasteiger partial charge is 0.480 e. The first-order chi connectivity index (χ1) is 12.5. The molecule has 1 amide bonds. The number of fused-ring (bicyclic) bond motifs is 1. The lowest BCUT2D eigenvalue weighted by atomic mass is 10.1. The number of halogens is 1. The Morgan fingerprint density at radius 3 is 2.73 bits per heavy atom. The molecular formula is C19H20FN3O3. The Labute approximate surface area is 150 Å². The Bertz CT molecular complexity index is 842. The maximum atomic E-state index is 13.2. The number of rotatable bonds is 7. The molecule has 7 heteroatoms. The number of hydrogen-bond donors (Lipinski definition) is 2. The highest BCUT2D eigenvalue weighted by Gasteiger charge is 2.29. The molecule has 0 saturated heterocycles. The molecule has 0 saturated carbocycles. The molecule has 1 atom stereocenters. The van der Waals surface area contributed by atoms with E-state index in [1.54, 1.807) is 22.9 Å². The van der Waals surface area contributed by atoms with Crippen LogP contribution in [0.1, 0.15) is 41.0 Å². The minimum Gasteiger partial charge on any atom is -0.480 e. The van der Waals surface area contributed by atoms with E-state index in [4.69, 9.17) is 0 Å². The van der Waals surface area contributed by atoms with E-state index in [1.807, 2.05) is 0 Å². The molecule has 1 heterocycles. The van der Waals surface area contributed by atoms with Gasteiger partial charge in [0.25, 0.3) is 5.91 Å². The molecule has 0 spiro atoms. The highest BCUT2D eigenvalue weighted by molar-refractivity contribution is 5.96. The monoisotopic (exact) mass is 357 g/mol. The number of nitrogens with zero attached hydrogens (tertiary/aromatic N) is 2. The van der Waals surface area contributed by atoms with E-state index in [1.165, 1.54) is 12.1 Å². The van der Waals surface area contributed by atoms with Gasteiger partial charge in [0.2, 0.25) is 0 Å². The molecule has 1 aliphatic carbocycles. The van der Waals surface area contributed by atoms with Crippen LogP contribution < -0.4 is 5.32 Å². The molecule has 2 N–H and O–H groups in total. The molecule has 1 aromatic carbocycles. The van der Waals surface area contributed by atoms with Gasteiger partial charge in [-0.1, -0.05) is 6.08 Å². The average molecular weight is 357 g/mol. The molecule has 0 aliphatic heterocycles. The van der Waals surface area contributed by atoms with Crippen LogP contribution in [0.25, 0.3) is 5.69 Å². The van der Waals surface area contributed by atoms with Crippen molar-refractivity contribution in [1.29, 1.82) is 0 Å². The van der Waals surface area contributed by atoms with Gasteiger partial charge in [-0.2, -0.15) is 5.10 Å². The molecule has 1 aliphatic rings. The maximum absolute atomic E-state index is 13.2. The van der Waals surface area contributed by atoms with Gasteiger partial charge in [-0.15, -0.1) is 6.58 Å². The van der Waals surface area contributed by atoms with Gasteiger partial charge in [0.05, 0.1) is 5.69 Å². The highest BCUT2D eigenvalue weighted by atomic mass is 19.1. The molecule has 1 unspecified atom stereocenters. The number of aliphatic carboxylic acids is 1. The predicted octanol–water partition coefficient (Wildman–Crippen LogP) is 2.65. The normalized spacial score (nSPS) is 13.9. The van der Waals surface area contributed by atoms with Crippen LogP contribution in [-0.4, -0.2) is 32.8 Å².